The highest BCUT2D eigenvalue weighted by Gasteiger charge is 2.46. The van der Waals surface area contributed by atoms with E-state index >= 15 is 0 Å². The number of ketones is 1. The highest BCUT2D eigenvalue weighted by atomic mass is 19.4. The van der Waals surface area contributed by atoms with E-state index in [2.05, 4.69) is 15.8 Å². The average molecular weight is 490 g/mol. The monoisotopic (exact) mass is 490 g/mol. The molecule has 0 saturated carbocycles. The second kappa shape index (κ2) is 10.9. The average Bonchev–Trinajstić information content (AvgIpc) is 3.42. The van der Waals surface area contributed by atoms with Crippen LogP contribution in [-0.2, 0) is 14.4 Å². The van der Waals surface area contributed by atoms with Crippen molar-refractivity contribution in [1.82, 2.24) is 20.7 Å². The normalized spacial score (nSPS) is 18.1. The van der Waals surface area contributed by atoms with Crippen LogP contribution in [0, 0.1) is 11.8 Å². The number of methoxy groups -OCH3 is 1. The van der Waals surface area contributed by atoms with Crippen molar-refractivity contribution in [2.24, 2.45) is 11.8 Å². The van der Waals surface area contributed by atoms with Crippen LogP contribution < -0.4 is 15.4 Å². The Morgan fingerprint density at radius 3 is 2.26 bits per heavy atom. The summed E-state index contributed by atoms with van der Waals surface area (Å²) in [5.74, 6) is -5.43. The van der Waals surface area contributed by atoms with Crippen LogP contribution in [0.3, 0.4) is 0 Å². The van der Waals surface area contributed by atoms with Crippen LogP contribution in [-0.4, -0.2) is 71.5 Å². The Labute approximate surface area is 194 Å². The second-order valence-electron chi connectivity index (χ2n) is 8.71. The van der Waals surface area contributed by atoms with Gasteiger partial charge in [-0.05, 0) is 29.8 Å². The van der Waals surface area contributed by atoms with Gasteiger partial charge in [-0.3, -0.25) is 19.2 Å². The first kappa shape index (κ1) is 27.1. The molecule has 0 aromatic carbocycles. The summed E-state index contributed by atoms with van der Waals surface area (Å²) in [5, 5.41) is 8.28. The van der Waals surface area contributed by atoms with Gasteiger partial charge < -0.3 is 24.8 Å². The number of nitrogens with zero attached hydrogens (tertiary/aromatic N) is 2. The summed E-state index contributed by atoms with van der Waals surface area (Å²) in [5.41, 5.74) is -0.0258. The van der Waals surface area contributed by atoms with Crippen LogP contribution in [0.25, 0.3) is 0 Å². The summed E-state index contributed by atoms with van der Waals surface area (Å²) in [6, 6.07) is -3.89. The lowest BCUT2D eigenvalue weighted by Gasteiger charge is -2.31. The lowest BCUT2D eigenvalue weighted by molar-refractivity contribution is -0.175. The minimum absolute atomic E-state index is 0.0258. The molecule has 1 fully saturated rings. The number of Topliss-reactive ketones (excluding diaryl/α,β-unsaturated/α-hetero) is 1. The lowest BCUT2D eigenvalue weighted by Crippen LogP contribution is -2.58. The van der Waals surface area contributed by atoms with E-state index < -0.39 is 53.7 Å². The summed E-state index contributed by atoms with van der Waals surface area (Å²) in [6.07, 6.45) is -3.41. The maximum Gasteiger partial charge on any atom is 0.452 e. The van der Waals surface area contributed by atoms with Gasteiger partial charge in [0.2, 0.25) is 11.8 Å². The molecule has 1 aliphatic heterocycles. The maximum absolute atomic E-state index is 13.3. The number of amides is 3. The predicted octanol–water partition coefficient (Wildman–Crippen LogP) is 1.70. The highest BCUT2D eigenvalue weighted by Crippen LogP contribution is 2.24. The van der Waals surface area contributed by atoms with Gasteiger partial charge in [0.25, 0.3) is 17.6 Å². The van der Waals surface area contributed by atoms with Gasteiger partial charge in [-0.1, -0.05) is 27.7 Å². The zero-order valence-corrected chi connectivity index (χ0v) is 19.6. The molecular formula is C21H29F3N4O6. The van der Waals surface area contributed by atoms with Crippen molar-refractivity contribution in [3.63, 3.8) is 0 Å². The van der Waals surface area contributed by atoms with Crippen LogP contribution in [0.5, 0.6) is 5.88 Å². The molecule has 2 rings (SSSR count). The summed E-state index contributed by atoms with van der Waals surface area (Å²) in [7, 11) is 1.29. The van der Waals surface area contributed by atoms with Crippen LogP contribution in [0.4, 0.5) is 13.2 Å². The van der Waals surface area contributed by atoms with Gasteiger partial charge in [-0.25, -0.2) is 0 Å². The third-order valence-corrected chi connectivity index (χ3v) is 5.56. The molecule has 0 bridgehead atoms. The quantitative estimate of drug-likeness (QED) is 0.539. The molecule has 3 amide bonds. The Morgan fingerprint density at radius 2 is 1.74 bits per heavy atom. The predicted molar refractivity (Wildman–Crippen MR) is 112 cm³/mol. The number of rotatable bonds is 9. The molecule has 1 saturated heterocycles. The van der Waals surface area contributed by atoms with E-state index in [9.17, 15) is 32.3 Å². The number of halogens is 3. The van der Waals surface area contributed by atoms with E-state index in [1.807, 2.05) is 0 Å². The summed E-state index contributed by atoms with van der Waals surface area (Å²) in [6.45, 7) is 6.32. The van der Waals surface area contributed by atoms with Crippen molar-refractivity contribution in [3.05, 3.63) is 11.8 Å². The molecule has 13 heteroatoms. The van der Waals surface area contributed by atoms with E-state index in [1.165, 1.54) is 25.9 Å². The fourth-order valence-corrected chi connectivity index (χ4v) is 3.70. The highest BCUT2D eigenvalue weighted by molar-refractivity contribution is 6.00. The molecular weight excluding hydrogens is 461 g/mol. The summed E-state index contributed by atoms with van der Waals surface area (Å²) in [4.78, 5) is 51.8. The fraction of sp³-hybridized carbons (Fsp3) is 0.667. The number of nitrogens with one attached hydrogen (secondary N) is 2. The third kappa shape index (κ3) is 6.06. The number of hydrogen-bond acceptors (Lipinski definition) is 7. The van der Waals surface area contributed by atoms with Gasteiger partial charge in [-0.15, -0.1) is 0 Å². The van der Waals surface area contributed by atoms with Crippen molar-refractivity contribution in [1.29, 1.82) is 0 Å². The van der Waals surface area contributed by atoms with Crippen LogP contribution >= 0.6 is 0 Å². The standard InChI is InChI=1S/C21H29F3N4O6/c1-10(2)14(16(29)21(22,23)24)25-18(31)13-7-6-8-28(13)20(32)15(11(3)4)26-17(30)12-9-34-27-19(12)33-5/h9-11,13-15H,6-8H2,1-5H3,(H,25,31)(H,26,30)/t13-,14-,15-/m0/s1. The molecule has 10 nitrogen and oxygen atoms in total. The van der Waals surface area contributed by atoms with Crippen LogP contribution in [0.15, 0.2) is 10.8 Å². The molecule has 0 aliphatic carbocycles. The minimum Gasteiger partial charge on any atom is -0.478 e. The van der Waals surface area contributed by atoms with Gasteiger partial charge in [0.1, 0.15) is 23.9 Å². The van der Waals surface area contributed by atoms with Crippen molar-refractivity contribution >= 4 is 23.5 Å². The fourth-order valence-electron chi connectivity index (χ4n) is 3.70. The van der Waals surface area contributed by atoms with Gasteiger partial charge in [0.15, 0.2) is 0 Å². The molecule has 0 radical (unpaired) electrons. The first-order valence-corrected chi connectivity index (χ1v) is 10.8. The molecule has 3 atom stereocenters. The van der Waals surface area contributed by atoms with E-state index in [0.717, 1.165) is 6.26 Å². The van der Waals surface area contributed by atoms with E-state index in [-0.39, 0.29) is 30.3 Å². The van der Waals surface area contributed by atoms with E-state index in [1.54, 1.807) is 13.8 Å². The smallest absolute Gasteiger partial charge is 0.452 e. The van der Waals surface area contributed by atoms with Gasteiger partial charge in [-0.2, -0.15) is 13.2 Å². The first-order valence-electron chi connectivity index (χ1n) is 10.8. The van der Waals surface area contributed by atoms with Crippen molar-refractivity contribution in [3.8, 4) is 5.88 Å². The van der Waals surface area contributed by atoms with Crippen LogP contribution in [0.2, 0.25) is 0 Å². The number of likely N-dealkylation sites (tertiary alicyclic amines) is 1. The Balaban J connectivity index is 2.18. The number of ether oxygens (including phenoxy) is 1. The lowest BCUT2D eigenvalue weighted by atomic mass is 9.98. The van der Waals surface area contributed by atoms with Gasteiger partial charge in [0.05, 0.1) is 13.2 Å². The second-order valence-corrected chi connectivity index (χ2v) is 8.71. The molecule has 1 aromatic heterocycles. The molecule has 2 heterocycles. The van der Waals surface area contributed by atoms with Crippen molar-refractivity contribution in [2.75, 3.05) is 13.7 Å². The molecule has 2 N–H and O–H groups in total. The summed E-state index contributed by atoms with van der Waals surface area (Å²) >= 11 is 0. The Morgan fingerprint density at radius 1 is 1.12 bits per heavy atom. The van der Waals surface area contributed by atoms with Crippen molar-refractivity contribution in [2.45, 2.75) is 64.8 Å². The molecule has 1 aliphatic rings. The molecule has 190 valence electrons. The third-order valence-electron chi connectivity index (χ3n) is 5.56. The number of carbonyl (C=O) groups is 4. The molecule has 0 unspecified atom stereocenters. The molecule has 34 heavy (non-hydrogen) atoms. The van der Waals surface area contributed by atoms with Gasteiger partial charge in [0, 0.05) is 6.54 Å². The minimum atomic E-state index is -5.11. The number of aromatic nitrogens is 1. The van der Waals surface area contributed by atoms with E-state index in [0.29, 0.717) is 6.42 Å². The zero-order chi connectivity index (χ0) is 25.8. The Bertz CT molecular complexity index is 915. The SMILES string of the molecule is COc1nocc1C(=O)N[C@H](C(=O)N1CCC[C@H]1C(=O)N[C@H](C(=O)C(F)(F)F)C(C)C)C(C)C. The Hall–Kier alpha value is -3.12. The number of alkyl halides is 3. The van der Waals surface area contributed by atoms with Gasteiger partial charge >= 0.3 is 6.18 Å². The zero-order valence-electron chi connectivity index (χ0n) is 19.6. The summed E-state index contributed by atoms with van der Waals surface area (Å²) < 4.78 is 48.5. The molecule has 1 aromatic rings. The van der Waals surface area contributed by atoms with E-state index in [4.69, 9.17) is 9.26 Å². The largest absolute Gasteiger partial charge is 0.478 e. The molecule has 0 spiro atoms. The number of carbonyl (C=O) groups excluding carboxylic acids is 4. The topological polar surface area (TPSA) is 131 Å². The number of hydrogen-bond donors (Lipinski definition) is 2. The van der Waals surface area contributed by atoms with Crippen LogP contribution in [0.1, 0.15) is 50.9 Å². The van der Waals surface area contributed by atoms with Crippen molar-refractivity contribution < 1.29 is 41.6 Å². The first-order chi connectivity index (χ1) is 15.8. The Kier molecular flexibility index (Phi) is 8.67. The maximum atomic E-state index is 13.3.